The third kappa shape index (κ3) is 4.29. The molecule has 1 heterocycles. The molecule has 0 radical (unpaired) electrons. The smallest absolute Gasteiger partial charge is 0.246 e. The summed E-state index contributed by atoms with van der Waals surface area (Å²) in [5.74, 6) is 0.0979. The van der Waals surface area contributed by atoms with E-state index in [-0.39, 0.29) is 18.3 Å². The molecule has 1 aromatic carbocycles. The van der Waals surface area contributed by atoms with Crippen LogP contribution in [-0.2, 0) is 11.3 Å². The summed E-state index contributed by atoms with van der Waals surface area (Å²) in [5.41, 5.74) is 0.478. The third-order valence-corrected chi connectivity index (χ3v) is 3.49. The maximum atomic E-state index is 13.7. The molecule has 21 heavy (non-hydrogen) atoms. The quantitative estimate of drug-likeness (QED) is 0.754. The predicted molar refractivity (Wildman–Crippen MR) is 82.9 cm³/mol. The van der Waals surface area contributed by atoms with Gasteiger partial charge in [-0.2, -0.15) is 0 Å². The summed E-state index contributed by atoms with van der Waals surface area (Å²) in [4.78, 5) is 13.7. The minimum absolute atomic E-state index is 0.187. The fourth-order valence-corrected chi connectivity index (χ4v) is 2.27. The molecule has 0 atom stereocenters. The molecule has 0 aliphatic rings. The zero-order valence-electron chi connectivity index (χ0n) is 11.6. The number of rotatable bonds is 5. The maximum absolute atomic E-state index is 13.7. The number of furan rings is 1. The van der Waals surface area contributed by atoms with Gasteiger partial charge in [0.15, 0.2) is 0 Å². The van der Waals surface area contributed by atoms with E-state index in [1.807, 2.05) is 6.92 Å². The van der Waals surface area contributed by atoms with E-state index >= 15 is 0 Å². The molecule has 3 nitrogen and oxygen atoms in total. The van der Waals surface area contributed by atoms with E-state index in [1.165, 1.54) is 12.1 Å². The van der Waals surface area contributed by atoms with Crippen LogP contribution >= 0.6 is 15.9 Å². The van der Waals surface area contributed by atoms with Crippen molar-refractivity contribution in [2.45, 2.75) is 13.5 Å². The highest BCUT2D eigenvalue weighted by Crippen LogP contribution is 2.17. The summed E-state index contributed by atoms with van der Waals surface area (Å²) < 4.78 is 19.7. The lowest BCUT2D eigenvalue weighted by Gasteiger charge is -2.19. The van der Waals surface area contributed by atoms with Crippen molar-refractivity contribution in [1.82, 2.24) is 4.90 Å². The topological polar surface area (TPSA) is 33.5 Å². The van der Waals surface area contributed by atoms with Crippen LogP contribution in [0.25, 0.3) is 6.08 Å². The van der Waals surface area contributed by atoms with Gasteiger partial charge in [-0.25, -0.2) is 4.39 Å². The van der Waals surface area contributed by atoms with Crippen LogP contribution in [0.15, 0.2) is 51.6 Å². The van der Waals surface area contributed by atoms with E-state index < -0.39 is 0 Å². The van der Waals surface area contributed by atoms with E-state index in [4.69, 9.17) is 4.42 Å². The summed E-state index contributed by atoms with van der Waals surface area (Å²) in [5, 5.41) is 0. The Morgan fingerprint density at radius 2 is 2.24 bits per heavy atom. The minimum atomic E-state index is -0.320. The summed E-state index contributed by atoms with van der Waals surface area (Å²) in [6, 6.07) is 8.21. The second-order valence-corrected chi connectivity index (χ2v) is 5.35. The van der Waals surface area contributed by atoms with Crippen molar-refractivity contribution in [2.24, 2.45) is 0 Å². The maximum Gasteiger partial charge on any atom is 0.246 e. The molecule has 0 N–H and O–H groups in total. The van der Waals surface area contributed by atoms with Gasteiger partial charge < -0.3 is 9.32 Å². The van der Waals surface area contributed by atoms with E-state index in [0.29, 0.717) is 17.9 Å². The first-order valence-electron chi connectivity index (χ1n) is 6.54. The molecule has 110 valence electrons. The lowest BCUT2D eigenvalue weighted by Crippen LogP contribution is -2.29. The normalized spacial score (nSPS) is 11.0. The van der Waals surface area contributed by atoms with Crippen LogP contribution in [0.2, 0.25) is 0 Å². The van der Waals surface area contributed by atoms with Crippen LogP contribution in [-0.4, -0.2) is 17.4 Å². The summed E-state index contributed by atoms with van der Waals surface area (Å²) in [7, 11) is 0. The van der Waals surface area contributed by atoms with E-state index in [0.717, 1.165) is 4.47 Å². The number of benzene rings is 1. The second-order valence-electron chi connectivity index (χ2n) is 4.44. The zero-order chi connectivity index (χ0) is 15.2. The van der Waals surface area contributed by atoms with Crippen LogP contribution < -0.4 is 0 Å². The molecule has 0 fully saturated rings. The van der Waals surface area contributed by atoms with Crippen molar-refractivity contribution in [3.8, 4) is 0 Å². The fourth-order valence-electron chi connectivity index (χ4n) is 1.86. The van der Waals surface area contributed by atoms with Gasteiger partial charge in [-0.05, 0) is 43.3 Å². The molecule has 0 saturated carbocycles. The number of carbonyl (C=O) groups is 1. The van der Waals surface area contributed by atoms with Gasteiger partial charge >= 0.3 is 0 Å². The lowest BCUT2D eigenvalue weighted by atomic mass is 10.2. The monoisotopic (exact) mass is 351 g/mol. The number of carbonyl (C=O) groups excluding carboxylic acids is 1. The van der Waals surface area contributed by atoms with Gasteiger partial charge in [0, 0.05) is 29.2 Å². The molecule has 0 saturated heterocycles. The average molecular weight is 352 g/mol. The Morgan fingerprint density at radius 3 is 2.90 bits per heavy atom. The number of nitrogens with zero attached hydrogens (tertiary/aromatic N) is 1. The molecular formula is C16H15BrFNO2. The van der Waals surface area contributed by atoms with Gasteiger partial charge in [-0.1, -0.05) is 15.9 Å². The molecule has 2 aromatic rings. The number of amides is 1. The van der Waals surface area contributed by atoms with Crippen LogP contribution in [0.3, 0.4) is 0 Å². The Hall–Kier alpha value is -1.88. The molecule has 0 unspecified atom stereocenters. The van der Waals surface area contributed by atoms with Gasteiger partial charge in [-0.15, -0.1) is 0 Å². The third-order valence-electron chi connectivity index (χ3n) is 3.00. The highest BCUT2D eigenvalue weighted by atomic mass is 79.9. The number of halogens is 2. The molecule has 1 amide bonds. The van der Waals surface area contributed by atoms with Crippen molar-refractivity contribution in [3.05, 3.63) is 64.3 Å². The average Bonchev–Trinajstić information content (AvgIpc) is 2.99. The molecule has 5 heteroatoms. The summed E-state index contributed by atoms with van der Waals surface area (Å²) in [6.07, 6.45) is 4.57. The van der Waals surface area contributed by atoms with Crippen LogP contribution in [0.5, 0.6) is 0 Å². The first-order chi connectivity index (χ1) is 10.1. The first kappa shape index (κ1) is 15.5. The van der Waals surface area contributed by atoms with Crippen molar-refractivity contribution in [2.75, 3.05) is 6.54 Å². The molecule has 0 aliphatic heterocycles. The van der Waals surface area contributed by atoms with Crippen LogP contribution in [0.1, 0.15) is 18.2 Å². The first-order valence-corrected chi connectivity index (χ1v) is 7.34. The van der Waals surface area contributed by atoms with Crippen molar-refractivity contribution in [3.63, 3.8) is 0 Å². The highest BCUT2D eigenvalue weighted by Gasteiger charge is 2.12. The molecule has 2 rings (SSSR count). The van der Waals surface area contributed by atoms with Crippen LogP contribution in [0, 0.1) is 5.82 Å². The standard InChI is InChI=1S/C16H15BrFNO2/c1-2-19(11-12-10-13(17)5-7-15(12)18)16(20)8-6-14-4-3-9-21-14/h3-10H,2,11H2,1H3/b8-6+. The Balaban J connectivity index is 2.08. The van der Waals surface area contributed by atoms with Gasteiger partial charge in [-0.3, -0.25) is 4.79 Å². The Labute approximate surface area is 131 Å². The second kappa shape index (κ2) is 7.22. The lowest BCUT2D eigenvalue weighted by molar-refractivity contribution is -0.126. The Bertz CT molecular complexity index is 638. The molecule has 0 aliphatic carbocycles. The molecular weight excluding hydrogens is 337 g/mol. The van der Waals surface area contributed by atoms with E-state index in [1.54, 1.807) is 41.5 Å². The van der Waals surface area contributed by atoms with E-state index in [2.05, 4.69) is 15.9 Å². The van der Waals surface area contributed by atoms with Crippen molar-refractivity contribution < 1.29 is 13.6 Å². The molecule has 0 bridgehead atoms. The Kier molecular flexibility index (Phi) is 5.33. The largest absolute Gasteiger partial charge is 0.465 e. The number of hydrogen-bond donors (Lipinski definition) is 0. The predicted octanol–water partition coefficient (Wildman–Crippen LogP) is 4.24. The van der Waals surface area contributed by atoms with Gasteiger partial charge in [0.1, 0.15) is 11.6 Å². The van der Waals surface area contributed by atoms with Gasteiger partial charge in [0.25, 0.3) is 0 Å². The fraction of sp³-hybridized carbons (Fsp3) is 0.188. The van der Waals surface area contributed by atoms with E-state index in [9.17, 15) is 9.18 Å². The molecule has 1 aromatic heterocycles. The number of hydrogen-bond acceptors (Lipinski definition) is 2. The van der Waals surface area contributed by atoms with Gasteiger partial charge in [0.2, 0.25) is 5.91 Å². The summed E-state index contributed by atoms with van der Waals surface area (Å²) in [6.45, 7) is 2.57. The highest BCUT2D eigenvalue weighted by molar-refractivity contribution is 9.10. The van der Waals surface area contributed by atoms with Crippen molar-refractivity contribution in [1.29, 1.82) is 0 Å². The number of likely N-dealkylation sites (N-methyl/N-ethyl adjacent to an activating group) is 1. The molecule has 0 spiro atoms. The minimum Gasteiger partial charge on any atom is -0.465 e. The van der Waals surface area contributed by atoms with Crippen molar-refractivity contribution >= 4 is 27.9 Å². The van der Waals surface area contributed by atoms with Gasteiger partial charge in [0.05, 0.1) is 6.26 Å². The SMILES string of the molecule is CCN(Cc1cc(Br)ccc1F)C(=O)/C=C/c1ccco1. The zero-order valence-corrected chi connectivity index (χ0v) is 13.1. The van der Waals surface area contributed by atoms with Crippen LogP contribution in [0.4, 0.5) is 4.39 Å². The summed E-state index contributed by atoms with van der Waals surface area (Å²) >= 11 is 3.31. The Morgan fingerprint density at radius 1 is 1.43 bits per heavy atom.